The smallest absolute Gasteiger partial charge is 0.338 e. The molecule has 2 N–H and O–H groups in total. The summed E-state index contributed by atoms with van der Waals surface area (Å²) in [5.74, 6) is -3.03. The summed E-state index contributed by atoms with van der Waals surface area (Å²) in [6.07, 6.45) is 1.45. The van der Waals surface area contributed by atoms with Gasteiger partial charge in [-0.3, -0.25) is 4.72 Å². The summed E-state index contributed by atoms with van der Waals surface area (Å²) in [4.78, 5) is 10.3. The van der Waals surface area contributed by atoms with E-state index in [1.54, 1.807) is 12.1 Å². The summed E-state index contributed by atoms with van der Waals surface area (Å²) >= 11 is 11.9. The highest BCUT2D eigenvalue weighted by Crippen LogP contribution is 2.26. The third kappa shape index (κ3) is 3.96. The monoisotopic (exact) mass is 443 g/mol. The van der Waals surface area contributed by atoms with Crippen LogP contribution in [-0.4, -0.2) is 29.3 Å². The number of halogens is 3. The molecule has 0 spiro atoms. The highest BCUT2D eigenvalue weighted by atomic mass is 35.5. The average Bonchev–Trinajstić information content (AvgIpc) is 3.03. The minimum Gasteiger partial charge on any atom is -0.478 e. The molecule has 28 heavy (non-hydrogen) atoms. The van der Waals surface area contributed by atoms with Gasteiger partial charge in [-0.25, -0.2) is 22.3 Å². The largest absolute Gasteiger partial charge is 0.478 e. The first kappa shape index (κ1) is 20.1. The van der Waals surface area contributed by atoms with Crippen molar-refractivity contribution >= 4 is 45.0 Å². The van der Waals surface area contributed by atoms with Gasteiger partial charge in [-0.2, -0.15) is 0 Å². The fraction of sp³-hybridized carbons (Fsp3) is 0.0588. The van der Waals surface area contributed by atoms with Crippen molar-refractivity contribution in [3.8, 4) is 5.69 Å². The number of nitrogens with one attached hydrogen (secondary N) is 1. The molecule has 0 aliphatic heterocycles. The van der Waals surface area contributed by atoms with Crippen LogP contribution in [0.15, 0.2) is 47.5 Å². The van der Waals surface area contributed by atoms with Gasteiger partial charge in [0.15, 0.2) is 11.6 Å². The number of rotatable bonds is 5. The number of carboxylic acids is 1. The van der Waals surface area contributed by atoms with Gasteiger partial charge in [-0.1, -0.05) is 23.2 Å². The lowest BCUT2D eigenvalue weighted by atomic mass is 10.1. The number of hydrogen-bond acceptors (Lipinski definition) is 4. The van der Waals surface area contributed by atoms with E-state index in [0.717, 1.165) is 12.1 Å². The fourth-order valence-corrected chi connectivity index (χ4v) is 4.14. The average molecular weight is 444 g/mol. The molecular weight excluding hydrogens is 432 g/mol. The third-order valence-corrected chi connectivity index (χ3v) is 5.58. The van der Waals surface area contributed by atoms with E-state index < -0.39 is 32.3 Å². The van der Waals surface area contributed by atoms with Crippen molar-refractivity contribution in [1.29, 1.82) is 0 Å². The number of nitrogens with zero attached hydrogens (tertiary/aromatic N) is 2. The van der Waals surface area contributed by atoms with Crippen LogP contribution in [0, 0.1) is 12.7 Å². The van der Waals surface area contributed by atoms with E-state index in [0.29, 0.717) is 15.7 Å². The van der Waals surface area contributed by atoms with Crippen LogP contribution < -0.4 is 4.72 Å². The third-order valence-electron chi connectivity index (χ3n) is 3.69. The number of sulfonamides is 1. The van der Waals surface area contributed by atoms with Gasteiger partial charge < -0.3 is 5.11 Å². The minimum atomic E-state index is -4.43. The van der Waals surface area contributed by atoms with Crippen molar-refractivity contribution in [1.82, 2.24) is 9.78 Å². The number of aromatic nitrogens is 2. The number of carbonyl (C=O) groups is 1. The van der Waals surface area contributed by atoms with Crippen LogP contribution in [0.3, 0.4) is 0 Å². The van der Waals surface area contributed by atoms with Crippen LogP contribution in [0.2, 0.25) is 10.0 Å². The van der Waals surface area contributed by atoms with Crippen LogP contribution in [-0.2, 0) is 10.0 Å². The first-order chi connectivity index (χ1) is 13.1. The number of hydrogen-bond donors (Lipinski definition) is 2. The SMILES string of the molecule is Cc1cc(C(=O)O)c(F)c(S(=O)(=O)Nc2ccn(-c3ccc(Cl)cc3Cl)n2)c1. The van der Waals surface area contributed by atoms with E-state index in [4.69, 9.17) is 28.3 Å². The van der Waals surface area contributed by atoms with Gasteiger partial charge in [0, 0.05) is 17.3 Å². The molecule has 1 aromatic heterocycles. The maximum atomic E-state index is 14.4. The molecule has 0 radical (unpaired) electrons. The summed E-state index contributed by atoms with van der Waals surface area (Å²) in [5, 5.41) is 13.8. The number of aryl methyl sites for hydroxylation is 1. The van der Waals surface area contributed by atoms with Crippen LogP contribution in [0.5, 0.6) is 0 Å². The van der Waals surface area contributed by atoms with Crippen molar-refractivity contribution in [2.75, 3.05) is 4.72 Å². The van der Waals surface area contributed by atoms with Crippen LogP contribution in [0.25, 0.3) is 5.69 Å². The predicted molar refractivity (Wildman–Crippen MR) is 102 cm³/mol. The van der Waals surface area contributed by atoms with Crippen molar-refractivity contribution in [2.45, 2.75) is 11.8 Å². The number of aromatic carboxylic acids is 1. The highest BCUT2D eigenvalue weighted by molar-refractivity contribution is 7.92. The van der Waals surface area contributed by atoms with Crippen LogP contribution in [0.1, 0.15) is 15.9 Å². The Morgan fingerprint density at radius 2 is 1.93 bits per heavy atom. The van der Waals surface area contributed by atoms with Gasteiger partial charge in [0.2, 0.25) is 0 Å². The first-order valence-electron chi connectivity index (χ1n) is 7.66. The molecule has 0 bridgehead atoms. The lowest BCUT2D eigenvalue weighted by molar-refractivity contribution is 0.0691. The molecule has 0 unspecified atom stereocenters. The van der Waals surface area contributed by atoms with Gasteiger partial charge in [0.25, 0.3) is 10.0 Å². The van der Waals surface area contributed by atoms with Crippen molar-refractivity contribution < 1.29 is 22.7 Å². The van der Waals surface area contributed by atoms with Gasteiger partial charge in [0.1, 0.15) is 4.90 Å². The number of anilines is 1. The fourth-order valence-electron chi connectivity index (χ4n) is 2.46. The van der Waals surface area contributed by atoms with E-state index in [2.05, 4.69) is 9.82 Å². The summed E-state index contributed by atoms with van der Waals surface area (Å²) in [6, 6.07) is 8.11. The maximum absolute atomic E-state index is 14.4. The second kappa shape index (κ2) is 7.42. The molecule has 0 fully saturated rings. The Labute approximate surface area is 169 Å². The normalized spacial score (nSPS) is 11.4. The molecule has 7 nitrogen and oxygen atoms in total. The standard InChI is InChI=1S/C17H12Cl2FN3O4S/c1-9-6-11(17(24)25)16(20)14(7-9)28(26,27)22-15-4-5-23(21-15)13-3-2-10(18)8-12(13)19/h2-8H,1H3,(H,21,22)(H,24,25). The number of benzene rings is 2. The minimum absolute atomic E-state index is 0.108. The molecule has 0 aliphatic rings. The summed E-state index contributed by atoms with van der Waals surface area (Å²) in [5.41, 5.74) is -0.0112. The van der Waals surface area contributed by atoms with Crippen molar-refractivity contribution in [3.63, 3.8) is 0 Å². The summed E-state index contributed by atoms with van der Waals surface area (Å²) in [7, 11) is -4.43. The predicted octanol–water partition coefficient (Wildman–Crippen LogP) is 4.13. The molecule has 0 amide bonds. The Morgan fingerprint density at radius 3 is 2.57 bits per heavy atom. The molecule has 2 aromatic carbocycles. The molecule has 3 aromatic rings. The molecule has 0 saturated carbocycles. The first-order valence-corrected chi connectivity index (χ1v) is 9.90. The van der Waals surface area contributed by atoms with Crippen LogP contribution in [0.4, 0.5) is 10.2 Å². The lowest BCUT2D eigenvalue weighted by Crippen LogP contribution is -2.17. The molecular formula is C17H12Cl2FN3O4S. The van der Waals surface area contributed by atoms with E-state index in [-0.39, 0.29) is 11.4 Å². The zero-order valence-corrected chi connectivity index (χ0v) is 16.5. The summed E-state index contributed by atoms with van der Waals surface area (Å²) in [6.45, 7) is 1.46. The molecule has 11 heteroatoms. The van der Waals surface area contributed by atoms with E-state index in [1.807, 2.05) is 0 Å². The van der Waals surface area contributed by atoms with Gasteiger partial charge in [0.05, 0.1) is 16.3 Å². The number of carboxylic acid groups (broad SMARTS) is 1. The van der Waals surface area contributed by atoms with Gasteiger partial charge in [-0.15, -0.1) is 5.10 Å². The lowest BCUT2D eigenvalue weighted by Gasteiger charge is -2.10. The molecule has 0 aliphatic carbocycles. The van der Waals surface area contributed by atoms with E-state index in [9.17, 15) is 17.6 Å². The molecule has 0 saturated heterocycles. The molecule has 146 valence electrons. The molecule has 3 rings (SSSR count). The zero-order valence-electron chi connectivity index (χ0n) is 14.1. The molecule has 1 heterocycles. The van der Waals surface area contributed by atoms with Gasteiger partial charge in [-0.05, 0) is 42.8 Å². The van der Waals surface area contributed by atoms with Crippen LogP contribution >= 0.6 is 23.2 Å². The quantitative estimate of drug-likeness (QED) is 0.617. The van der Waals surface area contributed by atoms with E-state index >= 15 is 0 Å². The molecule has 0 atom stereocenters. The van der Waals surface area contributed by atoms with Crippen molar-refractivity contribution in [2.24, 2.45) is 0 Å². The topological polar surface area (TPSA) is 101 Å². The van der Waals surface area contributed by atoms with Gasteiger partial charge >= 0.3 is 5.97 Å². The highest BCUT2D eigenvalue weighted by Gasteiger charge is 2.25. The summed E-state index contributed by atoms with van der Waals surface area (Å²) < 4.78 is 43.0. The Balaban J connectivity index is 1.96. The Bertz CT molecular complexity index is 1200. The Kier molecular flexibility index (Phi) is 5.33. The zero-order chi connectivity index (χ0) is 20.6. The maximum Gasteiger partial charge on any atom is 0.338 e. The Morgan fingerprint density at radius 1 is 1.21 bits per heavy atom. The second-order valence-electron chi connectivity index (χ2n) is 5.78. The van der Waals surface area contributed by atoms with Crippen molar-refractivity contribution in [3.05, 3.63) is 69.6 Å². The Hall–Kier alpha value is -2.62. The second-order valence-corrected chi connectivity index (χ2v) is 8.27. The van der Waals surface area contributed by atoms with E-state index in [1.165, 1.54) is 29.9 Å².